The number of benzene rings is 1. The van der Waals surface area contributed by atoms with Crippen LogP contribution in [0.5, 0.6) is 0 Å². The highest BCUT2D eigenvalue weighted by Gasteiger charge is 2.11. The van der Waals surface area contributed by atoms with E-state index in [2.05, 4.69) is 47.6 Å². The molecule has 0 saturated carbocycles. The van der Waals surface area contributed by atoms with Crippen molar-refractivity contribution in [2.45, 2.75) is 33.2 Å². The van der Waals surface area contributed by atoms with Gasteiger partial charge >= 0.3 is 0 Å². The summed E-state index contributed by atoms with van der Waals surface area (Å²) in [6, 6.07) is 9.74. The number of carbonyl (C=O) groups is 1. The normalized spacial score (nSPS) is 10.7. The van der Waals surface area contributed by atoms with Gasteiger partial charge < -0.3 is 0 Å². The first-order valence-corrected chi connectivity index (χ1v) is 7.56. The van der Waals surface area contributed by atoms with Gasteiger partial charge in [0.05, 0.1) is 5.69 Å². The number of halogens is 1. The van der Waals surface area contributed by atoms with Crippen LogP contribution in [0.15, 0.2) is 30.3 Å². The second kappa shape index (κ2) is 6.32. The molecule has 0 aliphatic carbocycles. The Morgan fingerprint density at radius 3 is 2.47 bits per heavy atom. The third-order valence-corrected chi connectivity index (χ3v) is 3.82. The van der Waals surface area contributed by atoms with E-state index in [9.17, 15) is 4.79 Å². The topological polar surface area (TPSA) is 34.9 Å². The Kier molecular flexibility index (Phi) is 4.74. The van der Waals surface area contributed by atoms with Crippen LogP contribution in [-0.4, -0.2) is 15.6 Å². The second-order valence-electron chi connectivity index (χ2n) is 4.42. The van der Waals surface area contributed by atoms with E-state index >= 15 is 0 Å². The van der Waals surface area contributed by atoms with Crippen LogP contribution in [-0.2, 0) is 19.4 Å². The predicted molar refractivity (Wildman–Crippen MR) is 84.5 cm³/mol. The largest absolute Gasteiger partial charge is 0.292 e. The van der Waals surface area contributed by atoms with Crippen molar-refractivity contribution in [1.29, 1.82) is 0 Å². The van der Waals surface area contributed by atoms with Gasteiger partial charge in [0.15, 0.2) is 5.78 Å². The zero-order chi connectivity index (χ0) is 13.8. The maximum absolute atomic E-state index is 12.2. The number of rotatable bonds is 5. The van der Waals surface area contributed by atoms with Crippen LogP contribution in [0.2, 0.25) is 0 Å². The Labute approximate surface area is 127 Å². The van der Waals surface area contributed by atoms with Crippen LogP contribution in [0.1, 0.15) is 35.6 Å². The van der Waals surface area contributed by atoms with Gasteiger partial charge in [0.25, 0.3) is 0 Å². The molecule has 4 heteroatoms. The average molecular weight is 368 g/mol. The maximum Gasteiger partial charge on any atom is 0.184 e. The molecular formula is C15H17IN2O. The van der Waals surface area contributed by atoms with Crippen molar-refractivity contribution >= 4 is 28.4 Å². The van der Waals surface area contributed by atoms with E-state index in [1.165, 1.54) is 0 Å². The molecule has 0 saturated heterocycles. The molecule has 0 aliphatic heterocycles. The van der Waals surface area contributed by atoms with Crippen molar-refractivity contribution in [3.8, 4) is 0 Å². The Hall–Kier alpha value is -1.17. The van der Waals surface area contributed by atoms with Gasteiger partial charge in [-0.05, 0) is 53.6 Å². The molecule has 1 aromatic heterocycles. The molecule has 2 rings (SSSR count). The molecule has 0 atom stereocenters. The van der Waals surface area contributed by atoms with E-state index in [1.54, 1.807) is 0 Å². The smallest absolute Gasteiger partial charge is 0.184 e. The van der Waals surface area contributed by atoms with Gasteiger partial charge in [-0.2, -0.15) is 5.10 Å². The quantitative estimate of drug-likeness (QED) is 0.598. The predicted octanol–water partition coefficient (Wildman–Crippen LogP) is 3.50. The van der Waals surface area contributed by atoms with Gasteiger partial charge in [0.1, 0.15) is 6.54 Å². The average Bonchev–Trinajstić information content (AvgIpc) is 2.81. The summed E-state index contributed by atoms with van der Waals surface area (Å²) in [4.78, 5) is 12.2. The molecule has 19 heavy (non-hydrogen) atoms. The Balaban J connectivity index is 2.18. The number of nitrogens with zero attached hydrogens (tertiary/aromatic N) is 2. The summed E-state index contributed by atoms with van der Waals surface area (Å²) in [5.74, 6) is 0.108. The Bertz CT molecular complexity index is 572. The standard InChI is InChI=1S/C15H17IN2O/c1-3-13-9-14(4-2)18(17-13)10-15(19)11-5-7-12(16)8-6-11/h5-9H,3-4,10H2,1-2H3. The van der Waals surface area contributed by atoms with Crippen LogP contribution < -0.4 is 0 Å². The lowest BCUT2D eigenvalue weighted by molar-refractivity contribution is 0.0966. The van der Waals surface area contributed by atoms with E-state index in [0.717, 1.165) is 33.4 Å². The Morgan fingerprint density at radius 2 is 1.89 bits per heavy atom. The highest BCUT2D eigenvalue weighted by Crippen LogP contribution is 2.11. The first kappa shape index (κ1) is 14.2. The zero-order valence-electron chi connectivity index (χ0n) is 11.2. The number of ketones is 1. The molecule has 0 amide bonds. The number of Topliss-reactive ketones (excluding diaryl/α,β-unsaturated/α-hetero) is 1. The zero-order valence-corrected chi connectivity index (χ0v) is 13.3. The molecule has 1 heterocycles. The van der Waals surface area contributed by atoms with Crippen LogP contribution in [0.25, 0.3) is 0 Å². The minimum absolute atomic E-state index is 0.108. The summed E-state index contributed by atoms with van der Waals surface area (Å²) in [5, 5.41) is 4.48. The molecule has 3 nitrogen and oxygen atoms in total. The minimum Gasteiger partial charge on any atom is -0.292 e. The van der Waals surface area contributed by atoms with Gasteiger partial charge in [-0.15, -0.1) is 0 Å². The highest BCUT2D eigenvalue weighted by molar-refractivity contribution is 14.1. The highest BCUT2D eigenvalue weighted by atomic mass is 127. The fourth-order valence-electron chi connectivity index (χ4n) is 1.97. The summed E-state index contributed by atoms with van der Waals surface area (Å²) < 4.78 is 2.97. The van der Waals surface area contributed by atoms with E-state index in [1.807, 2.05) is 28.9 Å². The number of hydrogen-bond acceptors (Lipinski definition) is 2. The summed E-state index contributed by atoms with van der Waals surface area (Å²) in [7, 11) is 0. The minimum atomic E-state index is 0.108. The number of carbonyl (C=O) groups excluding carboxylic acids is 1. The Morgan fingerprint density at radius 1 is 1.21 bits per heavy atom. The van der Waals surface area contributed by atoms with E-state index < -0.39 is 0 Å². The summed E-state index contributed by atoms with van der Waals surface area (Å²) >= 11 is 2.23. The molecule has 1 aromatic carbocycles. The SMILES string of the molecule is CCc1cc(CC)n(CC(=O)c2ccc(I)cc2)n1. The molecule has 2 aromatic rings. The fraction of sp³-hybridized carbons (Fsp3) is 0.333. The lowest BCUT2D eigenvalue weighted by Gasteiger charge is -2.05. The molecular weight excluding hydrogens is 351 g/mol. The molecule has 0 bridgehead atoms. The molecule has 0 unspecified atom stereocenters. The summed E-state index contributed by atoms with van der Waals surface area (Å²) in [6.45, 7) is 4.49. The number of aryl methyl sites for hydroxylation is 2. The molecule has 0 spiro atoms. The second-order valence-corrected chi connectivity index (χ2v) is 5.67. The first-order valence-electron chi connectivity index (χ1n) is 6.48. The molecule has 0 N–H and O–H groups in total. The molecule has 100 valence electrons. The fourth-order valence-corrected chi connectivity index (χ4v) is 2.33. The van der Waals surface area contributed by atoms with E-state index in [-0.39, 0.29) is 5.78 Å². The van der Waals surface area contributed by atoms with E-state index in [0.29, 0.717) is 6.54 Å². The third kappa shape index (κ3) is 3.43. The van der Waals surface area contributed by atoms with Crippen molar-refractivity contribution in [3.63, 3.8) is 0 Å². The van der Waals surface area contributed by atoms with Crippen molar-refractivity contribution < 1.29 is 4.79 Å². The van der Waals surface area contributed by atoms with Crippen LogP contribution in [0.4, 0.5) is 0 Å². The summed E-state index contributed by atoms with van der Waals surface area (Å²) in [6.07, 6.45) is 1.80. The molecule has 0 aliphatic rings. The number of hydrogen-bond donors (Lipinski definition) is 0. The monoisotopic (exact) mass is 368 g/mol. The van der Waals surface area contributed by atoms with Gasteiger partial charge in [-0.3, -0.25) is 9.48 Å². The van der Waals surface area contributed by atoms with Crippen LogP contribution in [0, 0.1) is 3.57 Å². The van der Waals surface area contributed by atoms with Gasteiger partial charge in [-0.25, -0.2) is 0 Å². The van der Waals surface area contributed by atoms with Crippen molar-refractivity contribution in [2.75, 3.05) is 0 Å². The molecule has 0 radical (unpaired) electrons. The van der Waals surface area contributed by atoms with Gasteiger partial charge in [-0.1, -0.05) is 26.0 Å². The van der Waals surface area contributed by atoms with Crippen LogP contribution in [0.3, 0.4) is 0 Å². The first-order chi connectivity index (χ1) is 9.13. The third-order valence-electron chi connectivity index (χ3n) is 3.10. The van der Waals surface area contributed by atoms with Gasteiger partial charge in [0.2, 0.25) is 0 Å². The molecule has 0 fully saturated rings. The van der Waals surface area contributed by atoms with Gasteiger partial charge in [0, 0.05) is 14.8 Å². The van der Waals surface area contributed by atoms with Crippen molar-refractivity contribution in [3.05, 3.63) is 50.9 Å². The number of aromatic nitrogens is 2. The van der Waals surface area contributed by atoms with Crippen molar-refractivity contribution in [2.24, 2.45) is 0 Å². The lowest BCUT2D eigenvalue weighted by Crippen LogP contribution is -2.14. The van der Waals surface area contributed by atoms with Crippen LogP contribution >= 0.6 is 22.6 Å². The maximum atomic E-state index is 12.2. The van der Waals surface area contributed by atoms with Crippen molar-refractivity contribution in [1.82, 2.24) is 9.78 Å². The summed E-state index contributed by atoms with van der Waals surface area (Å²) in [5.41, 5.74) is 2.92. The lowest BCUT2D eigenvalue weighted by atomic mass is 10.1. The van der Waals surface area contributed by atoms with E-state index in [4.69, 9.17) is 0 Å².